The predicted molar refractivity (Wildman–Crippen MR) is 112 cm³/mol. The Morgan fingerprint density at radius 1 is 1.11 bits per heavy atom. The van der Waals surface area contributed by atoms with Crippen LogP contribution in [0, 0.1) is 0 Å². The largest absolute Gasteiger partial charge is 0.497 e. The molecule has 2 aromatic rings. The number of sulfonamides is 1. The smallest absolute Gasteiger partial charge is 0.240 e. The number of nitrogens with zero attached hydrogens (tertiary/aromatic N) is 1. The summed E-state index contributed by atoms with van der Waals surface area (Å²) < 4.78 is 35.9. The Morgan fingerprint density at radius 3 is 2.43 bits per heavy atom. The highest BCUT2D eigenvalue weighted by atomic mass is 32.2. The molecule has 0 saturated heterocycles. The third-order valence-electron chi connectivity index (χ3n) is 3.78. The molecule has 0 aliphatic carbocycles. The van der Waals surface area contributed by atoms with Gasteiger partial charge in [-0.2, -0.15) is 0 Å². The van der Waals surface area contributed by atoms with Gasteiger partial charge >= 0.3 is 0 Å². The van der Waals surface area contributed by atoms with Gasteiger partial charge in [-0.1, -0.05) is 18.2 Å². The van der Waals surface area contributed by atoms with Gasteiger partial charge in [-0.3, -0.25) is 9.10 Å². The zero-order valence-electron chi connectivity index (χ0n) is 16.0. The summed E-state index contributed by atoms with van der Waals surface area (Å²) in [6.07, 6.45) is 1.05. The molecule has 7 nitrogen and oxygen atoms in total. The first-order valence-electron chi connectivity index (χ1n) is 8.49. The van der Waals surface area contributed by atoms with Crippen molar-refractivity contribution in [2.24, 2.45) is 0 Å². The molecule has 1 amide bonds. The van der Waals surface area contributed by atoms with Crippen molar-refractivity contribution in [2.75, 3.05) is 43.6 Å². The predicted octanol–water partition coefficient (Wildman–Crippen LogP) is 2.38. The summed E-state index contributed by atoms with van der Waals surface area (Å²) >= 11 is 1.61. The molecule has 0 aliphatic heterocycles. The zero-order chi connectivity index (χ0) is 20.6. The van der Waals surface area contributed by atoms with Crippen molar-refractivity contribution in [1.82, 2.24) is 5.32 Å². The minimum absolute atomic E-state index is 0.277. The number of nitrogens with one attached hydrogen (secondary N) is 1. The number of amides is 1. The van der Waals surface area contributed by atoms with Crippen LogP contribution in [0.3, 0.4) is 0 Å². The normalized spacial score (nSPS) is 11.0. The van der Waals surface area contributed by atoms with Gasteiger partial charge in [-0.05, 0) is 24.3 Å². The third kappa shape index (κ3) is 6.35. The molecule has 9 heteroatoms. The van der Waals surface area contributed by atoms with E-state index in [4.69, 9.17) is 9.47 Å². The molecule has 0 unspecified atom stereocenters. The zero-order valence-corrected chi connectivity index (χ0v) is 17.7. The molecule has 0 aliphatic rings. The van der Waals surface area contributed by atoms with E-state index in [-0.39, 0.29) is 12.2 Å². The van der Waals surface area contributed by atoms with Gasteiger partial charge in [-0.25, -0.2) is 8.42 Å². The van der Waals surface area contributed by atoms with Crippen LogP contribution >= 0.6 is 11.8 Å². The topological polar surface area (TPSA) is 84.9 Å². The highest BCUT2D eigenvalue weighted by Gasteiger charge is 2.24. The van der Waals surface area contributed by atoms with Crippen LogP contribution in [0.2, 0.25) is 0 Å². The molecule has 152 valence electrons. The van der Waals surface area contributed by atoms with Crippen molar-refractivity contribution >= 4 is 33.4 Å². The average molecular weight is 425 g/mol. The monoisotopic (exact) mass is 424 g/mol. The second kappa shape index (κ2) is 10.2. The van der Waals surface area contributed by atoms with Gasteiger partial charge in [-0.15, -0.1) is 11.8 Å². The van der Waals surface area contributed by atoms with E-state index in [0.717, 1.165) is 15.5 Å². The van der Waals surface area contributed by atoms with Crippen molar-refractivity contribution in [3.63, 3.8) is 0 Å². The van der Waals surface area contributed by atoms with Crippen LogP contribution in [0.1, 0.15) is 0 Å². The lowest BCUT2D eigenvalue weighted by molar-refractivity contribution is -0.119. The van der Waals surface area contributed by atoms with E-state index in [0.29, 0.717) is 23.8 Å². The molecule has 0 radical (unpaired) electrons. The van der Waals surface area contributed by atoms with E-state index in [2.05, 4.69) is 5.32 Å². The van der Waals surface area contributed by atoms with E-state index in [1.807, 2.05) is 30.3 Å². The SMILES string of the molecule is COc1ccc(N(CC(=O)NCCSc2ccccc2)S(C)(=O)=O)c(OC)c1. The summed E-state index contributed by atoms with van der Waals surface area (Å²) in [6, 6.07) is 14.6. The number of benzene rings is 2. The Morgan fingerprint density at radius 2 is 1.82 bits per heavy atom. The van der Waals surface area contributed by atoms with Crippen LogP contribution in [0.25, 0.3) is 0 Å². The first-order chi connectivity index (χ1) is 13.3. The summed E-state index contributed by atoms with van der Waals surface area (Å²) in [5.41, 5.74) is 0.277. The van der Waals surface area contributed by atoms with Crippen LogP contribution in [0.4, 0.5) is 5.69 Å². The minimum atomic E-state index is -3.69. The number of carbonyl (C=O) groups excluding carboxylic acids is 1. The minimum Gasteiger partial charge on any atom is -0.497 e. The highest BCUT2D eigenvalue weighted by Crippen LogP contribution is 2.33. The van der Waals surface area contributed by atoms with Gasteiger partial charge < -0.3 is 14.8 Å². The third-order valence-corrected chi connectivity index (χ3v) is 5.92. The number of methoxy groups -OCH3 is 2. The van der Waals surface area contributed by atoms with E-state index in [9.17, 15) is 13.2 Å². The fourth-order valence-corrected chi connectivity index (χ4v) is 4.08. The Bertz CT molecular complexity index is 888. The number of hydrogen-bond donors (Lipinski definition) is 1. The van der Waals surface area contributed by atoms with Gasteiger partial charge in [0.15, 0.2) is 0 Å². The van der Waals surface area contributed by atoms with Crippen LogP contribution in [0.5, 0.6) is 11.5 Å². The summed E-state index contributed by atoms with van der Waals surface area (Å²) in [7, 11) is -0.758. The van der Waals surface area contributed by atoms with Crippen molar-refractivity contribution in [2.45, 2.75) is 4.90 Å². The fraction of sp³-hybridized carbons (Fsp3) is 0.316. The average Bonchev–Trinajstić information content (AvgIpc) is 2.69. The number of rotatable bonds is 10. The van der Waals surface area contributed by atoms with Gasteiger partial charge in [0, 0.05) is 23.3 Å². The first-order valence-corrected chi connectivity index (χ1v) is 11.3. The Balaban J connectivity index is 2.01. The summed E-state index contributed by atoms with van der Waals surface area (Å²) in [5, 5.41) is 2.75. The molecule has 0 saturated carbocycles. The van der Waals surface area contributed by atoms with Crippen LogP contribution in [-0.2, 0) is 14.8 Å². The first kappa shape index (κ1) is 21.9. The Labute approximate surface area is 170 Å². The van der Waals surface area contributed by atoms with Crippen LogP contribution in [-0.4, -0.2) is 53.6 Å². The molecule has 2 rings (SSSR count). The maximum atomic E-state index is 12.3. The van der Waals surface area contributed by atoms with Crippen molar-refractivity contribution < 1.29 is 22.7 Å². The second-order valence-electron chi connectivity index (χ2n) is 5.82. The van der Waals surface area contributed by atoms with E-state index in [1.54, 1.807) is 30.0 Å². The molecule has 0 spiro atoms. The molecule has 0 bridgehead atoms. The molecule has 0 heterocycles. The lowest BCUT2D eigenvalue weighted by Crippen LogP contribution is -2.41. The fourth-order valence-electron chi connectivity index (χ4n) is 2.43. The molecular formula is C19H24N2O5S2. The standard InChI is InChI=1S/C19H24N2O5S2/c1-25-15-9-10-17(18(13-15)26-2)21(28(3,23)24)14-19(22)20-11-12-27-16-7-5-4-6-8-16/h4-10,13H,11-12,14H2,1-3H3,(H,20,22). The van der Waals surface area contributed by atoms with Crippen molar-refractivity contribution in [1.29, 1.82) is 0 Å². The van der Waals surface area contributed by atoms with Crippen molar-refractivity contribution in [3.05, 3.63) is 48.5 Å². The highest BCUT2D eigenvalue weighted by molar-refractivity contribution is 7.99. The Kier molecular flexibility index (Phi) is 8.01. The molecular weight excluding hydrogens is 400 g/mol. The quantitative estimate of drug-likeness (QED) is 0.466. The molecule has 0 atom stereocenters. The van der Waals surface area contributed by atoms with Crippen LogP contribution < -0.4 is 19.1 Å². The molecule has 0 fully saturated rings. The number of anilines is 1. The number of thioether (sulfide) groups is 1. The number of carbonyl (C=O) groups is 1. The molecule has 2 aromatic carbocycles. The lowest BCUT2D eigenvalue weighted by Gasteiger charge is -2.24. The molecule has 0 aromatic heterocycles. The van der Waals surface area contributed by atoms with E-state index in [1.165, 1.54) is 14.2 Å². The summed E-state index contributed by atoms with van der Waals surface area (Å²) in [4.78, 5) is 13.4. The van der Waals surface area contributed by atoms with Gasteiger partial charge in [0.05, 0.1) is 26.2 Å². The lowest BCUT2D eigenvalue weighted by atomic mass is 10.2. The Hall–Kier alpha value is -2.39. The maximum absolute atomic E-state index is 12.3. The second-order valence-corrected chi connectivity index (χ2v) is 8.89. The van der Waals surface area contributed by atoms with Gasteiger partial charge in [0.2, 0.25) is 15.9 Å². The van der Waals surface area contributed by atoms with Gasteiger partial charge in [0.25, 0.3) is 0 Å². The summed E-state index contributed by atoms with van der Waals surface area (Å²) in [6.45, 7) is 0.0905. The van der Waals surface area contributed by atoms with Crippen molar-refractivity contribution in [3.8, 4) is 11.5 Å². The van der Waals surface area contributed by atoms with Crippen LogP contribution in [0.15, 0.2) is 53.4 Å². The summed E-state index contributed by atoms with van der Waals surface area (Å²) in [5.74, 6) is 1.12. The number of hydrogen-bond acceptors (Lipinski definition) is 6. The van der Waals surface area contributed by atoms with Gasteiger partial charge in [0.1, 0.15) is 18.0 Å². The number of ether oxygens (including phenoxy) is 2. The van der Waals surface area contributed by atoms with E-state index < -0.39 is 15.9 Å². The molecule has 1 N–H and O–H groups in total. The molecule has 28 heavy (non-hydrogen) atoms. The maximum Gasteiger partial charge on any atom is 0.240 e. The van der Waals surface area contributed by atoms with E-state index >= 15 is 0 Å².